The zero-order valence-corrected chi connectivity index (χ0v) is 15.7. The van der Waals surface area contributed by atoms with Gasteiger partial charge in [-0.15, -0.1) is 0 Å². The standard InChI is InChI=1S/C23H25NO3/c1-27-23-10-21-19(8-15(23)13-26)18-7-14(12-25)4-5-17(18)22-11-24-6-2-3-16(24)9-20(21)22/h4-5,7-8,10,16,25-26H,2-3,6,9,11-13H2,1H3/t16-/m1/s1. The molecule has 4 nitrogen and oxygen atoms in total. The second kappa shape index (κ2) is 6.48. The molecule has 3 aromatic rings. The van der Waals surface area contributed by atoms with Crippen LogP contribution in [-0.4, -0.2) is 34.8 Å². The van der Waals surface area contributed by atoms with Gasteiger partial charge in [0.25, 0.3) is 0 Å². The first kappa shape index (κ1) is 17.0. The van der Waals surface area contributed by atoms with Gasteiger partial charge >= 0.3 is 0 Å². The number of benzene rings is 3. The lowest BCUT2D eigenvalue weighted by Crippen LogP contribution is -2.35. The van der Waals surface area contributed by atoms with Crippen molar-refractivity contribution in [2.45, 2.75) is 45.1 Å². The zero-order valence-electron chi connectivity index (χ0n) is 15.7. The van der Waals surface area contributed by atoms with Gasteiger partial charge in [-0.05, 0) is 82.2 Å². The van der Waals surface area contributed by atoms with Gasteiger partial charge < -0.3 is 14.9 Å². The molecular formula is C23H25NO3. The Hall–Kier alpha value is -2.14. The number of rotatable bonds is 3. The predicted molar refractivity (Wildman–Crippen MR) is 107 cm³/mol. The van der Waals surface area contributed by atoms with Crippen molar-refractivity contribution in [1.82, 2.24) is 4.90 Å². The van der Waals surface area contributed by atoms with Gasteiger partial charge in [0, 0.05) is 18.2 Å². The van der Waals surface area contributed by atoms with Gasteiger partial charge in [-0.2, -0.15) is 0 Å². The van der Waals surface area contributed by atoms with Crippen LogP contribution in [0.1, 0.15) is 35.1 Å². The van der Waals surface area contributed by atoms with Crippen LogP contribution in [0.4, 0.5) is 0 Å². The zero-order chi connectivity index (χ0) is 18.5. The van der Waals surface area contributed by atoms with Gasteiger partial charge in [-0.3, -0.25) is 4.90 Å². The lowest BCUT2D eigenvalue weighted by molar-refractivity contribution is 0.229. The van der Waals surface area contributed by atoms with E-state index >= 15 is 0 Å². The number of hydrogen-bond acceptors (Lipinski definition) is 4. The number of ether oxygens (including phenoxy) is 1. The number of methoxy groups -OCH3 is 1. The number of nitrogens with zero attached hydrogens (tertiary/aromatic N) is 1. The smallest absolute Gasteiger partial charge is 0.125 e. The topological polar surface area (TPSA) is 52.9 Å². The molecule has 2 aliphatic rings. The van der Waals surface area contributed by atoms with E-state index in [1.807, 2.05) is 6.07 Å². The van der Waals surface area contributed by atoms with Crippen LogP contribution in [-0.2, 0) is 26.2 Å². The Labute approximate surface area is 159 Å². The van der Waals surface area contributed by atoms with Crippen molar-refractivity contribution < 1.29 is 14.9 Å². The largest absolute Gasteiger partial charge is 0.496 e. The summed E-state index contributed by atoms with van der Waals surface area (Å²) in [6, 6.07) is 11.1. The van der Waals surface area contributed by atoms with Gasteiger partial charge in [0.05, 0.1) is 20.3 Å². The Morgan fingerprint density at radius 2 is 1.85 bits per heavy atom. The summed E-state index contributed by atoms with van der Waals surface area (Å²) in [5, 5.41) is 24.3. The van der Waals surface area contributed by atoms with E-state index in [1.165, 1.54) is 41.3 Å². The Bertz CT molecular complexity index is 1040. The van der Waals surface area contributed by atoms with E-state index in [-0.39, 0.29) is 13.2 Å². The molecule has 0 aliphatic carbocycles. The number of fused-ring (bicyclic) bond motifs is 7. The molecule has 0 spiro atoms. The summed E-state index contributed by atoms with van der Waals surface area (Å²) in [5.41, 5.74) is 4.57. The highest BCUT2D eigenvalue weighted by molar-refractivity contribution is 6.11. The maximum Gasteiger partial charge on any atom is 0.125 e. The number of aliphatic hydroxyl groups is 2. The highest BCUT2D eigenvalue weighted by Crippen LogP contribution is 2.42. The molecule has 0 unspecified atom stereocenters. The van der Waals surface area contributed by atoms with Crippen LogP contribution in [0.25, 0.3) is 21.5 Å². The van der Waals surface area contributed by atoms with Gasteiger partial charge in [0.15, 0.2) is 0 Å². The van der Waals surface area contributed by atoms with Crippen molar-refractivity contribution in [2.24, 2.45) is 0 Å². The molecule has 2 aliphatic heterocycles. The Morgan fingerprint density at radius 3 is 2.63 bits per heavy atom. The van der Waals surface area contributed by atoms with Crippen LogP contribution in [0, 0.1) is 0 Å². The summed E-state index contributed by atoms with van der Waals surface area (Å²) < 4.78 is 5.57. The molecule has 3 aromatic carbocycles. The molecule has 27 heavy (non-hydrogen) atoms. The Morgan fingerprint density at radius 1 is 1.00 bits per heavy atom. The highest BCUT2D eigenvalue weighted by Gasteiger charge is 2.32. The molecule has 140 valence electrons. The van der Waals surface area contributed by atoms with E-state index in [1.54, 1.807) is 7.11 Å². The van der Waals surface area contributed by atoms with Crippen molar-refractivity contribution in [3.05, 3.63) is 52.6 Å². The molecule has 1 fully saturated rings. The van der Waals surface area contributed by atoms with E-state index < -0.39 is 0 Å². The predicted octanol–water partition coefficient (Wildman–Crippen LogP) is 3.51. The van der Waals surface area contributed by atoms with Gasteiger partial charge in [0.1, 0.15) is 5.75 Å². The molecule has 4 heteroatoms. The molecule has 5 rings (SSSR count). The maximum absolute atomic E-state index is 9.82. The van der Waals surface area contributed by atoms with Crippen molar-refractivity contribution in [1.29, 1.82) is 0 Å². The van der Waals surface area contributed by atoms with Crippen LogP contribution in [0.2, 0.25) is 0 Å². The van der Waals surface area contributed by atoms with Crippen LogP contribution in [0.3, 0.4) is 0 Å². The van der Waals surface area contributed by atoms with Crippen molar-refractivity contribution in [2.75, 3.05) is 13.7 Å². The third-order valence-corrected chi connectivity index (χ3v) is 6.46. The van der Waals surface area contributed by atoms with Crippen LogP contribution >= 0.6 is 0 Å². The number of aliphatic hydroxyl groups excluding tert-OH is 2. The second-order valence-corrected chi connectivity index (χ2v) is 7.83. The monoisotopic (exact) mass is 363 g/mol. The van der Waals surface area contributed by atoms with Gasteiger partial charge in [-0.1, -0.05) is 12.1 Å². The van der Waals surface area contributed by atoms with E-state index in [2.05, 4.69) is 29.2 Å². The lowest BCUT2D eigenvalue weighted by Gasteiger charge is -2.33. The Kier molecular flexibility index (Phi) is 4.08. The summed E-state index contributed by atoms with van der Waals surface area (Å²) in [4.78, 5) is 2.62. The normalized spacial score (nSPS) is 19.4. The fourth-order valence-electron chi connectivity index (χ4n) is 5.10. The molecule has 0 aromatic heterocycles. The Balaban J connectivity index is 1.88. The van der Waals surface area contributed by atoms with Crippen molar-refractivity contribution in [3.8, 4) is 5.75 Å². The van der Waals surface area contributed by atoms with Gasteiger partial charge in [-0.25, -0.2) is 0 Å². The van der Waals surface area contributed by atoms with Gasteiger partial charge in [0.2, 0.25) is 0 Å². The minimum Gasteiger partial charge on any atom is -0.496 e. The molecule has 1 atom stereocenters. The number of hydrogen-bond donors (Lipinski definition) is 2. The SMILES string of the molecule is COc1cc2c3c(c4ccc(CO)cc4c2cc1CO)CN1CCC[C@@H]1C3. The average molecular weight is 363 g/mol. The first-order chi connectivity index (χ1) is 13.2. The van der Waals surface area contributed by atoms with Crippen molar-refractivity contribution in [3.63, 3.8) is 0 Å². The first-order valence-electron chi connectivity index (χ1n) is 9.76. The minimum atomic E-state index is -0.0478. The lowest BCUT2D eigenvalue weighted by atomic mass is 9.84. The summed E-state index contributed by atoms with van der Waals surface area (Å²) in [6.45, 7) is 2.17. The molecule has 0 amide bonds. The molecule has 2 N–H and O–H groups in total. The van der Waals surface area contributed by atoms with Crippen LogP contribution in [0.5, 0.6) is 5.75 Å². The summed E-state index contributed by atoms with van der Waals surface area (Å²) in [6.07, 6.45) is 3.63. The summed E-state index contributed by atoms with van der Waals surface area (Å²) in [7, 11) is 1.66. The molecule has 1 saturated heterocycles. The molecule has 0 saturated carbocycles. The third-order valence-electron chi connectivity index (χ3n) is 6.46. The molecular weight excluding hydrogens is 338 g/mol. The van der Waals surface area contributed by atoms with E-state index in [0.29, 0.717) is 6.04 Å². The maximum atomic E-state index is 9.82. The molecule has 0 bridgehead atoms. The summed E-state index contributed by atoms with van der Waals surface area (Å²) in [5.74, 6) is 0.749. The van der Waals surface area contributed by atoms with E-state index in [4.69, 9.17) is 4.74 Å². The fourth-order valence-corrected chi connectivity index (χ4v) is 5.10. The molecule has 2 heterocycles. The quantitative estimate of drug-likeness (QED) is 0.699. The fraction of sp³-hybridized carbons (Fsp3) is 0.391. The van der Waals surface area contributed by atoms with E-state index in [9.17, 15) is 10.2 Å². The first-order valence-corrected chi connectivity index (χ1v) is 9.76. The van der Waals surface area contributed by atoms with Crippen LogP contribution in [0.15, 0.2) is 30.3 Å². The average Bonchev–Trinajstić information content (AvgIpc) is 3.18. The van der Waals surface area contributed by atoms with E-state index in [0.717, 1.165) is 40.6 Å². The summed E-state index contributed by atoms with van der Waals surface area (Å²) >= 11 is 0. The second-order valence-electron chi connectivity index (χ2n) is 7.83. The minimum absolute atomic E-state index is 0.0335. The third kappa shape index (κ3) is 2.55. The van der Waals surface area contributed by atoms with Crippen LogP contribution < -0.4 is 4.74 Å². The highest BCUT2D eigenvalue weighted by atomic mass is 16.5. The molecule has 0 radical (unpaired) electrons. The van der Waals surface area contributed by atoms with Crippen molar-refractivity contribution >= 4 is 21.5 Å².